The highest BCUT2D eigenvalue weighted by Gasteiger charge is 2.20. The topological polar surface area (TPSA) is 101 Å². The summed E-state index contributed by atoms with van der Waals surface area (Å²) >= 11 is 3.31. The zero-order valence-electron chi connectivity index (χ0n) is 18.8. The van der Waals surface area contributed by atoms with Crippen molar-refractivity contribution < 1.29 is 19.3 Å². The van der Waals surface area contributed by atoms with E-state index in [0.717, 1.165) is 22.9 Å². The number of oxime groups is 2. The Bertz CT molecular complexity index is 491. The van der Waals surface area contributed by atoms with E-state index in [1.807, 2.05) is 54.1 Å². The van der Waals surface area contributed by atoms with Crippen molar-refractivity contribution in [1.82, 2.24) is 10.6 Å². The first-order valence-electron chi connectivity index (χ1n) is 8.73. The van der Waals surface area contributed by atoms with E-state index in [1.165, 1.54) is 14.1 Å². The molecule has 2 N–H and O–H groups in total. The van der Waals surface area contributed by atoms with Gasteiger partial charge in [0.2, 0.25) is 0 Å². The molecule has 2 amide bonds. The summed E-state index contributed by atoms with van der Waals surface area (Å²) in [6.07, 6.45) is 2.91. The Kier molecular flexibility index (Phi) is 15.0. The van der Waals surface area contributed by atoms with Gasteiger partial charge in [-0.15, -0.1) is 0 Å². The van der Waals surface area contributed by atoms with Crippen molar-refractivity contribution in [3.8, 4) is 0 Å². The maximum Gasteiger partial charge on any atom is 0.433 e. The Morgan fingerprint density at radius 3 is 1.21 bits per heavy atom. The number of nitrogens with one attached hydrogen (secondary N) is 2. The number of rotatable bonds is 6. The number of carbonyl (C=O) groups is 2. The molecular formula is C18H36N4O4S2. The van der Waals surface area contributed by atoms with Crippen LogP contribution in [0.4, 0.5) is 9.59 Å². The van der Waals surface area contributed by atoms with Gasteiger partial charge in [0.15, 0.2) is 0 Å². The third kappa shape index (κ3) is 14.6. The number of nitrogens with zero attached hydrogens (tertiary/aromatic N) is 2. The molecule has 8 nitrogen and oxygen atoms in total. The summed E-state index contributed by atoms with van der Waals surface area (Å²) < 4.78 is 0. The predicted octanol–water partition coefficient (Wildman–Crippen LogP) is 4.22. The van der Waals surface area contributed by atoms with Gasteiger partial charge in [0, 0.05) is 36.4 Å². The third-order valence-electron chi connectivity index (χ3n) is 3.18. The normalized spacial score (nSPS) is 12.5. The SMILES string of the molecule is CNC(=O)O/N=C(\CSC)C(C)(C)C.CNC(=O)ON=C(CSC)C(C)(C)C. The molecule has 10 heteroatoms. The molecule has 0 heterocycles. The van der Waals surface area contributed by atoms with Crippen molar-refractivity contribution in [2.45, 2.75) is 41.5 Å². The largest absolute Gasteiger partial charge is 0.433 e. The van der Waals surface area contributed by atoms with E-state index in [0.29, 0.717) is 0 Å². The van der Waals surface area contributed by atoms with Crippen LogP contribution in [-0.2, 0) is 9.68 Å². The van der Waals surface area contributed by atoms with Gasteiger partial charge in [-0.3, -0.25) is 9.68 Å². The van der Waals surface area contributed by atoms with Gasteiger partial charge in [-0.05, 0) is 12.5 Å². The van der Waals surface area contributed by atoms with Crippen LogP contribution in [0.25, 0.3) is 0 Å². The Labute approximate surface area is 178 Å². The number of amides is 2. The average molecular weight is 437 g/mol. The quantitative estimate of drug-likeness (QED) is 0.367. The highest BCUT2D eigenvalue weighted by Crippen LogP contribution is 2.19. The van der Waals surface area contributed by atoms with E-state index >= 15 is 0 Å². The van der Waals surface area contributed by atoms with Crippen LogP contribution >= 0.6 is 23.5 Å². The van der Waals surface area contributed by atoms with E-state index < -0.39 is 12.2 Å². The molecule has 0 rings (SSSR count). The average Bonchev–Trinajstić information content (AvgIpc) is 2.59. The number of thioether (sulfide) groups is 2. The molecule has 0 aliphatic heterocycles. The molecule has 164 valence electrons. The first kappa shape index (κ1) is 28.8. The van der Waals surface area contributed by atoms with Crippen LogP contribution in [0.3, 0.4) is 0 Å². The van der Waals surface area contributed by atoms with Crippen LogP contribution in [0, 0.1) is 10.8 Å². The first-order valence-corrected chi connectivity index (χ1v) is 11.5. The van der Waals surface area contributed by atoms with Gasteiger partial charge in [-0.25, -0.2) is 9.59 Å². The van der Waals surface area contributed by atoms with Gasteiger partial charge < -0.3 is 10.6 Å². The summed E-state index contributed by atoms with van der Waals surface area (Å²) in [6, 6.07) is 0. The second-order valence-electron chi connectivity index (χ2n) is 7.70. The van der Waals surface area contributed by atoms with Crippen molar-refractivity contribution in [3.63, 3.8) is 0 Å². The maximum atomic E-state index is 10.8. The van der Waals surface area contributed by atoms with Gasteiger partial charge >= 0.3 is 12.2 Å². The molecule has 28 heavy (non-hydrogen) atoms. The molecule has 0 saturated carbocycles. The molecule has 0 fully saturated rings. The number of hydrogen-bond donors (Lipinski definition) is 2. The lowest BCUT2D eigenvalue weighted by atomic mass is 9.91. The van der Waals surface area contributed by atoms with E-state index in [-0.39, 0.29) is 10.8 Å². The van der Waals surface area contributed by atoms with Crippen LogP contribution in [0.15, 0.2) is 10.3 Å². The second kappa shape index (κ2) is 14.6. The minimum atomic E-state index is -0.534. The van der Waals surface area contributed by atoms with Crippen LogP contribution in [0.1, 0.15) is 41.5 Å². The van der Waals surface area contributed by atoms with E-state index in [9.17, 15) is 9.59 Å². The third-order valence-corrected chi connectivity index (χ3v) is 4.30. The van der Waals surface area contributed by atoms with Crippen molar-refractivity contribution >= 4 is 47.1 Å². The molecule has 0 aromatic rings. The second-order valence-corrected chi connectivity index (χ2v) is 9.43. The fourth-order valence-electron chi connectivity index (χ4n) is 1.32. The lowest BCUT2D eigenvalue weighted by Crippen LogP contribution is -2.25. The highest BCUT2D eigenvalue weighted by molar-refractivity contribution is 7.99. The van der Waals surface area contributed by atoms with Gasteiger partial charge in [0.25, 0.3) is 0 Å². The predicted molar refractivity (Wildman–Crippen MR) is 122 cm³/mol. The fraction of sp³-hybridized carbons (Fsp3) is 0.778. The Hall–Kier alpha value is -1.42. The van der Waals surface area contributed by atoms with E-state index in [1.54, 1.807) is 23.5 Å². The van der Waals surface area contributed by atoms with Crippen LogP contribution in [0.5, 0.6) is 0 Å². The zero-order chi connectivity index (χ0) is 22.4. The number of hydrogen-bond acceptors (Lipinski definition) is 8. The molecule has 0 aliphatic rings. The standard InChI is InChI=1S/2C9H18N2O2S/c2*1-9(2,3)7(6-14-5)11-13-8(12)10-4/h2*6H2,1-5H3,(H,10,12)/b11-7+;. The summed E-state index contributed by atoms with van der Waals surface area (Å²) in [7, 11) is 3.01. The first-order chi connectivity index (χ1) is 12.8. The van der Waals surface area contributed by atoms with Crippen LogP contribution in [-0.4, -0.2) is 61.7 Å². The van der Waals surface area contributed by atoms with Crippen molar-refractivity contribution in [3.05, 3.63) is 0 Å². The van der Waals surface area contributed by atoms with Crippen molar-refractivity contribution in [2.75, 3.05) is 38.1 Å². The smallest absolute Gasteiger partial charge is 0.323 e. The molecule has 0 unspecified atom stereocenters. The lowest BCUT2D eigenvalue weighted by Gasteiger charge is -2.19. The summed E-state index contributed by atoms with van der Waals surface area (Å²) in [5.41, 5.74) is 1.59. The van der Waals surface area contributed by atoms with Gasteiger partial charge in [-0.1, -0.05) is 51.9 Å². The molecular weight excluding hydrogens is 400 g/mol. The van der Waals surface area contributed by atoms with E-state index in [4.69, 9.17) is 0 Å². The molecule has 0 aromatic heterocycles. The Balaban J connectivity index is 0. The molecule has 0 aromatic carbocycles. The number of carbonyl (C=O) groups excluding carboxylic acids is 2. The molecule has 0 aliphatic carbocycles. The van der Waals surface area contributed by atoms with Gasteiger partial charge in [0.1, 0.15) is 0 Å². The lowest BCUT2D eigenvalue weighted by molar-refractivity contribution is 0.151. The minimum absolute atomic E-state index is 0.0724. The van der Waals surface area contributed by atoms with Gasteiger partial charge in [0.05, 0.1) is 11.4 Å². The molecule has 0 spiro atoms. The van der Waals surface area contributed by atoms with E-state index in [2.05, 4.69) is 30.6 Å². The van der Waals surface area contributed by atoms with Gasteiger partial charge in [-0.2, -0.15) is 23.5 Å². The summed E-state index contributed by atoms with van der Waals surface area (Å²) in [5.74, 6) is 1.53. The molecule has 0 atom stereocenters. The minimum Gasteiger partial charge on any atom is -0.323 e. The zero-order valence-corrected chi connectivity index (χ0v) is 20.4. The fourth-order valence-corrected chi connectivity index (χ4v) is 2.84. The van der Waals surface area contributed by atoms with Crippen LogP contribution in [0.2, 0.25) is 0 Å². The Morgan fingerprint density at radius 2 is 1.04 bits per heavy atom. The highest BCUT2D eigenvalue weighted by atomic mass is 32.2. The van der Waals surface area contributed by atoms with Crippen molar-refractivity contribution in [1.29, 1.82) is 0 Å². The summed E-state index contributed by atoms with van der Waals surface area (Å²) in [4.78, 5) is 30.9. The molecule has 0 bridgehead atoms. The summed E-state index contributed by atoms with van der Waals surface area (Å²) in [5, 5.41) is 12.4. The van der Waals surface area contributed by atoms with Crippen molar-refractivity contribution in [2.24, 2.45) is 21.1 Å². The molecule has 0 saturated heterocycles. The molecule has 0 radical (unpaired) electrons. The monoisotopic (exact) mass is 436 g/mol. The maximum absolute atomic E-state index is 10.8. The Morgan fingerprint density at radius 1 is 0.750 bits per heavy atom. The van der Waals surface area contributed by atoms with Crippen LogP contribution < -0.4 is 10.6 Å². The summed E-state index contributed by atoms with van der Waals surface area (Å²) in [6.45, 7) is 12.2.